The van der Waals surface area contributed by atoms with Crippen LogP contribution in [-0.4, -0.2) is 27.9 Å². The zero-order valence-electron chi connectivity index (χ0n) is 10.1. The van der Waals surface area contributed by atoms with E-state index in [0.717, 1.165) is 12.0 Å². The molecular weight excluding hydrogens is 206 g/mol. The average Bonchev–Trinajstić information content (AvgIpc) is 2.49. The molecule has 0 radical (unpaired) electrons. The highest BCUT2D eigenvalue weighted by Crippen LogP contribution is 2.07. The van der Waals surface area contributed by atoms with E-state index < -0.39 is 5.60 Å². The van der Waals surface area contributed by atoms with Gasteiger partial charge in [-0.05, 0) is 39.3 Å². The van der Waals surface area contributed by atoms with Crippen LogP contribution in [0.25, 0.3) is 0 Å². The maximum Gasteiger partial charge on any atom is 0.328 e. The molecule has 0 amide bonds. The largest absolute Gasteiger partial charge is 0.459 e. The van der Waals surface area contributed by atoms with Crippen LogP contribution < -0.4 is 5.73 Å². The van der Waals surface area contributed by atoms with Crippen LogP contribution in [0.5, 0.6) is 0 Å². The number of ether oxygens (including phenoxy) is 1. The van der Waals surface area contributed by atoms with Crippen LogP contribution in [0.15, 0.2) is 12.4 Å². The fraction of sp³-hybridized carbons (Fsp3) is 0.636. The molecule has 5 heteroatoms. The second-order valence-corrected chi connectivity index (χ2v) is 4.67. The SMILES string of the molecule is CC(C)(C)OC(=O)Cn1cc(CCN)cn1. The summed E-state index contributed by atoms with van der Waals surface area (Å²) in [6.45, 7) is 6.25. The summed E-state index contributed by atoms with van der Waals surface area (Å²) in [6, 6.07) is 0. The molecule has 1 rings (SSSR count). The van der Waals surface area contributed by atoms with E-state index in [1.807, 2.05) is 27.0 Å². The number of nitrogens with two attached hydrogens (primary N) is 1. The number of rotatable bonds is 4. The molecule has 1 aromatic heterocycles. The quantitative estimate of drug-likeness (QED) is 0.767. The van der Waals surface area contributed by atoms with E-state index in [1.165, 1.54) is 0 Å². The van der Waals surface area contributed by atoms with Gasteiger partial charge in [0, 0.05) is 6.20 Å². The van der Waals surface area contributed by atoms with Crippen molar-refractivity contribution in [2.75, 3.05) is 6.54 Å². The number of carbonyl (C=O) groups is 1. The normalized spacial score (nSPS) is 11.5. The van der Waals surface area contributed by atoms with Crippen LogP contribution in [0.1, 0.15) is 26.3 Å². The van der Waals surface area contributed by atoms with Gasteiger partial charge in [-0.25, -0.2) is 0 Å². The van der Waals surface area contributed by atoms with Crippen molar-refractivity contribution in [2.45, 2.75) is 39.3 Å². The second kappa shape index (κ2) is 5.12. The minimum Gasteiger partial charge on any atom is -0.459 e. The number of hydrogen-bond donors (Lipinski definition) is 1. The highest BCUT2D eigenvalue weighted by Gasteiger charge is 2.16. The van der Waals surface area contributed by atoms with Crippen LogP contribution in [-0.2, 0) is 22.5 Å². The molecule has 1 aromatic rings. The molecule has 1 heterocycles. The maximum absolute atomic E-state index is 11.5. The van der Waals surface area contributed by atoms with Gasteiger partial charge in [-0.15, -0.1) is 0 Å². The van der Waals surface area contributed by atoms with E-state index in [0.29, 0.717) is 6.54 Å². The van der Waals surface area contributed by atoms with Gasteiger partial charge in [-0.2, -0.15) is 5.10 Å². The monoisotopic (exact) mass is 225 g/mol. The lowest BCUT2D eigenvalue weighted by atomic mass is 10.2. The molecular formula is C11H19N3O2. The Balaban J connectivity index is 2.50. The van der Waals surface area contributed by atoms with Crippen molar-refractivity contribution in [1.82, 2.24) is 9.78 Å². The summed E-state index contributed by atoms with van der Waals surface area (Å²) in [5.74, 6) is -0.283. The van der Waals surface area contributed by atoms with Crippen LogP contribution in [0, 0.1) is 0 Å². The molecule has 0 aromatic carbocycles. The summed E-state index contributed by atoms with van der Waals surface area (Å²) in [4.78, 5) is 11.5. The van der Waals surface area contributed by atoms with E-state index in [4.69, 9.17) is 10.5 Å². The lowest BCUT2D eigenvalue weighted by Crippen LogP contribution is -2.26. The van der Waals surface area contributed by atoms with Crippen molar-refractivity contribution in [3.63, 3.8) is 0 Å². The summed E-state index contributed by atoms with van der Waals surface area (Å²) in [6.07, 6.45) is 4.31. The number of hydrogen-bond acceptors (Lipinski definition) is 4. The first-order valence-electron chi connectivity index (χ1n) is 5.34. The Hall–Kier alpha value is -1.36. The molecule has 16 heavy (non-hydrogen) atoms. The van der Waals surface area contributed by atoms with E-state index >= 15 is 0 Å². The Kier molecular flexibility index (Phi) is 4.06. The molecule has 5 nitrogen and oxygen atoms in total. The van der Waals surface area contributed by atoms with E-state index in [-0.39, 0.29) is 12.5 Å². The number of carbonyl (C=O) groups excluding carboxylic acids is 1. The fourth-order valence-electron chi connectivity index (χ4n) is 1.29. The second-order valence-electron chi connectivity index (χ2n) is 4.67. The number of aromatic nitrogens is 2. The third kappa shape index (κ3) is 4.44. The molecule has 0 unspecified atom stereocenters. The van der Waals surface area contributed by atoms with Gasteiger partial charge in [0.1, 0.15) is 12.1 Å². The Labute approximate surface area is 95.6 Å². The van der Waals surface area contributed by atoms with Gasteiger partial charge in [0.15, 0.2) is 0 Å². The van der Waals surface area contributed by atoms with Crippen molar-refractivity contribution in [2.24, 2.45) is 5.73 Å². The average molecular weight is 225 g/mol. The molecule has 0 fully saturated rings. The third-order valence-corrected chi connectivity index (χ3v) is 1.83. The van der Waals surface area contributed by atoms with Gasteiger partial charge in [0.25, 0.3) is 0 Å². The first kappa shape index (κ1) is 12.7. The van der Waals surface area contributed by atoms with Gasteiger partial charge in [0.2, 0.25) is 0 Å². The van der Waals surface area contributed by atoms with Gasteiger partial charge in [-0.1, -0.05) is 0 Å². The standard InChI is InChI=1S/C11H19N3O2/c1-11(2,3)16-10(15)8-14-7-9(4-5-12)6-13-14/h6-7H,4-5,8,12H2,1-3H3. The van der Waals surface area contributed by atoms with Crippen molar-refractivity contribution in [1.29, 1.82) is 0 Å². The zero-order chi connectivity index (χ0) is 12.2. The predicted octanol–water partition coefficient (Wildman–Crippen LogP) is 0.726. The van der Waals surface area contributed by atoms with E-state index in [9.17, 15) is 4.79 Å². The van der Waals surface area contributed by atoms with Gasteiger partial charge in [0.05, 0.1) is 6.20 Å². The Morgan fingerprint density at radius 3 is 2.81 bits per heavy atom. The smallest absolute Gasteiger partial charge is 0.328 e. The highest BCUT2D eigenvalue weighted by atomic mass is 16.6. The molecule has 0 spiro atoms. The van der Waals surface area contributed by atoms with Crippen molar-refractivity contribution in [3.05, 3.63) is 18.0 Å². The van der Waals surface area contributed by atoms with Crippen molar-refractivity contribution in [3.8, 4) is 0 Å². The number of esters is 1. The Morgan fingerprint density at radius 2 is 2.25 bits per heavy atom. The van der Waals surface area contributed by atoms with E-state index in [1.54, 1.807) is 10.9 Å². The van der Waals surface area contributed by atoms with Gasteiger partial charge in [-0.3, -0.25) is 9.48 Å². The fourth-order valence-corrected chi connectivity index (χ4v) is 1.29. The molecule has 0 bridgehead atoms. The summed E-state index contributed by atoms with van der Waals surface area (Å²) in [5.41, 5.74) is 6.00. The maximum atomic E-state index is 11.5. The van der Waals surface area contributed by atoms with Crippen LogP contribution >= 0.6 is 0 Å². The first-order valence-corrected chi connectivity index (χ1v) is 5.34. The van der Waals surface area contributed by atoms with Crippen LogP contribution in [0.4, 0.5) is 0 Å². The molecule has 0 saturated heterocycles. The molecule has 0 aliphatic rings. The topological polar surface area (TPSA) is 70.1 Å². The van der Waals surface area contributed by atoms with Crippen LogP contribution in [0.2, 0.25) is 0 Å². The van der Waals surface area contributed by atoms with Crippen molar-refractivity contribution < 1.29 is 9.53 Å². The lowest BCUT2D eigenvalue weighted by molar-refractivity contribution is -0.155. The molecule has 90 valence electrons. The molecule has 0 aliphatic heterocycles. The Bertz CT molecular complexity index is 352. The minimum atomic E-state index is -0.454. The molecule has 0 atom stereocenters. The molecule has 2 N–H and O–H groups in total. The zero-order valence-corrected chi connectivity index (χ0v) is 10.1. The molecule has 0 aliphatic carbocycles. The summed E-state index contributed by atoms with van der Waals surface area (Å²) in [5, 5.41) is 4.07. The van der Waals surface area contributed by atoms with E-state index in [2.05, 4.69) is 5.10 Å². The number of nitrogens with zero attached hydrogens (tertiary/aromatic N) is 2. The molecule has 0 saturated carbocycles. The van der Waals surface area contributed by atoms with Gasteiger partial charge >= 0.3 is 5.97 Å². The summed E-state index contributed by atoms with van der Waals surface area (Å²) < 4.78 is 6.75. The highest BCUT2D eigenvalue weighted by molar-refractivity contribution is 5.69. The Morgan fingerprint density at radius 1 is 1.56 bits per heavy atom. The predicted molar refractivity (Wildman–Crippen MR) is 60.8 cm³/mol. The third-order valence-electron chi connectivity index (χ3n) is 1.83. The summed E-state index contributed by atoms with van der Waals surface area (Å²) in [7, 11) is 0. The van der Waals surface area contributed by atoms with Gasteiger partial charge < -0.3 is 10.5 Å². The lowest BCUT2D eigenvalue weighted by Gasteiger charge is -2.19. The minimum absolute atomic E-state index is 0.141. The van der Waals surface area contributed by atoms with Crippen molar-refractivity contribution >= 4 is 5.97 Å². The van der Waals surface area contributed by atoms with Crippen LogP contribution in [0.3, 0.4) is 0 Å². The first-order chi connectivity index (χ1) is 7.40. The summed E-state index contributed by atoms with van der Waals surface area (Å²) >= 11 is 0.